The number of rotatable bonds is 0. The molecule has 0 saturated carbocycles. The number of fused-ring (bicyclic) bond motifs is 2. The molecule has 4 atom stereocenters. The van der Waals surface area contributed by atoms with E-state index in [0.29, 0.717) is 0 Å². The molecule has 2 aliphatic carbocycles. The Morgan fingerprint density at radius 3 is 0.846 bits per heavy atom. The Labute approximate surface area is 154 Å². The highest BCUT2D eigenvalue weighted by Crippen LogP contribution is 2.61. The van der Waals surface area contributed by atoms with Gasteiger partial charge in [-0.15, -0.1) is 0 Å². The molecule has 0 amide bonds. The molecule has 1 aromatic rings. The van der Waals surface area contributed by atoms with E-state index in [-0.39, 0.29) is 0 Å². The third-order valence-corrected chi connectivity index (χ3v) is 7.95. The summed E-state index contributed by atoms with van der Waals surface area (Å²) in [7, 11) is 0. The highest BCUT2D eigenvalue weighted by atomic mass is 17.2. The van der Waals surface area contributed by atoms with Gasteiger partial charge in [0.1, 0.15) is 22.4 Å². The number of hydrogen-bond donors (Lipinski definition) is 0. The average Bonchev–Trinajstić information content (AvgIpc) is 2.62. The minimum Gasteiger partial charge on any atom is -0.220 e. The van der Waals surface area contributed by atoms with Crippen LogP contribution in [0, 0.1) is 0 Å². The van der Waals surface area contributed by atoms with Crippen LogP contribution in [0.4, 0.5) is 0 Å². The molecule has 4 unspecified atom stereocenters. The maximum atomic E-state index is 5.91. The summed E-state index contributed by atoms with van der Waals surface area (Å²) in [6.07, 6.45) is 0. The maximum Gasteiger partial charge on any atom is 0.147 e. The fraction of sp³-hybridized carbons (Fsp3) is 0.545. The Bertz CT molecular complexity index is 809. The van der Waals surface area contributed by atoms with Crippen molar-refractivity contribution in [1.82, 2.24) is 0 Å². The summed E-state index contributed by atoms with van der Waals surface area (Å²) in [6.45, 7) is 16.9. The standard InChI is InChI=1S/C22H26O4/c1-11-12(2)20(6)16-10-18-17(9-15(16)19(11,5)23-24-20)21(7)13(3)14(4)22(18,8)26-25-21/h9-10H,1-8H3. The van der Waals surface area contributed by atoms with Crippen LogP contribution in [0.25, 0.3) is 0 Å². The summed E-state index contributed by atoms with van der Waals surface area (Å²) in [5.41, 5.74) is 7.24. The number of hydrogen-bond acceptors (Lipinski definition) is 4. The van der Waals surface area contributed by atoms with Crippen LogP contribution in [-0.2, 0) is 42.0 Å². The van der Waals surface area contributed by atoms with E-state index >= 15 is 0 Å². The Hall–Kier alpha value is -1.46. The summed E-state index contributed by atoms with van der Waals surface area (Å²) in [5.74, 6) is 0. The molecule has 0 aromatic heterocycles. The molecule has 0 saturated heterocycles. The second-order valence-corrected chi connectivity index (χ2v) is 8.91. The van der Waals surface area contributed by atoms with Crippen molar-refractivity contribution in [2.75, 3.05) is 0 Å². The summed E-state index contributed by atoms with van der Waals surface area (Å²) in [6, 6.07) is 4.52. The van der Waals surface area contributed by atoms with E-state index in [1.807, 2.05) is 0 Å². The van der Waals surface area contributed by atoms with Gasteiger partial charge in [-0.05, 0) is 112 Å². The predicted molar refractivity (Wildman–Crippen MR) is 96.9 cm³/mol. The highest BCUT2D eigenvalue weighted by molar-refractivity contribution is 5.61. The van der Waals surface area contributed by atoms with Crippen LogP contribution in [0.3, 0.4) is 0 Å². The third-order valence-electron chi connectivity index (χ3n) is 7.95. The molecule has 4 nitrogen and oxygen atoms in total. The van der Waals surface area contributed by atoms with Gasteiger partial charge in [0.25, 0.3) is 0 Å². The largest absolute Gasteiger partial charge is 0.220 e. The zero-order valence-corrected chi connectivity index (χ0v) is 16.8. The van der Waals surface area contributed by atoms with E-state index in [1.165, 1.54) is 44.5 Å². The quantitative estimate of drug-likeness (QED) is 0.476. The summed E-state index contributed by atoms with van der Waals surface area (Å²) < 4.78 is 0. The second kappa shape index (κ2) is 4.33. The first kappa shape index (κ1) is 16.7. The molecule has 26 heavy (non-hydrogen) atoms. The van der Waals surface area contributed by atoms with Crippen LogP contribution in [0.1, 0.15) is 77.6 Å². The van der Waals surface area contributed by atoms with Crippen molar-refractivity contribution >= 4 is 0 Å². The Morgan fingerprint density at radius 2 is 0.654 bits per heavy atom. The van der Waals surface area contributed by atoms with Crippen molar-refractivity contribution in [3.63, 3.8) is 0 Å². The van der Waals surface area contributed by atoms with Crippen molar-refractivity contribution in [2.24, 2.45) is 0 Å². The van der Waals surface area contributed by atoms with Crippen molar-refractivity contribution in [2.45, 2.75) is 77.8 Å². The Balaban J connectivity index is 1.88. The van der Waals surface area contributed by atoms with E-state index < -0.39 is 22.4 Å². The van der Waals surface area contributed by atoms with Crippen LogP contribution >= 0.6 is 0 Å². The van der Waals surface area contributed by atoms with Gasteiger partial charge in [0, 0.05) is 0 Å². The fourth-order valence-electron chi connectivity index (χ4n) is 5.18. The lowest BCUT2D eigenvalue weighted by Crippen LogP contribution is -2.52. The molecular weight excluding hydrogens is 328 g/mol. The lowest BCUT2D eigenvalue weighted by molar-refractivity contribution is -0.426. The van der Waals surface area contributed by atoms with Crippen LogP contribution in [0.2, 0.25) is 0 Å². The number of benzene rings is 1. The van der Waals surface area contributed by atoms with Crippen LogP contribution in [-0.4, -0.2) is 0 Å². The van der Waals surface area contributed by atoms with Gasteiger partial charge in [0.2, 0.25) is 0 Å². The maximum absolute atomic E-state index is 5.91. The monoisotopic (exact) mass is 354 g/mol. The molecule has 0 fully saturated rings. The smallest absolute Gasteiger partial charge is 0.147 e. The molecule has 1 aromatic carbocycles. The van der Waals surface area contributed by atoms with E-state index in [9.17, 15) is 0 Å². The topological polar surface area (TPSA) is 36.9 Å². The van der Waals surface area contributed by atoms with Gasteiger partial charge in [-0.2, -0.15) is 0 Å². The van der Waals surface area contributed by atoms with Crippen molar-refractivity contribution in [1.29, 1.82) is 0 Å². The van der Waals surface area contributed by atoms with Gasteiger partial charge in [-0.1, -0.05) is 0 Å². The van der Waals surface area contributed by atoms with Crippen LogP contribution in [0.5, 0.6) is 0 Å². The third kappa shape index (κ3) is 1.46. The van der Waals surface area contributed by atoms with Crippen LogP contribution in [0.15, 0.2) is 34.4 Å². The molecule has 6 aliphatic rings. The van der Waals surface area contributed by atoms with Gasteiger partial charge in [0.15, 0.2) is 0 Å². The molecule has 7 rings (SSSR count). The molecule has 4 heterocycles. The second-order valence-electron chi connectivity index (χ2n) is 8.91. The van der Waals surface area contributed by atoms with Crippen molar-refractivity contribution in [3.05, 3.63) is 56.7 Å². The van der Waals surface area contributed by atoms with Gasteiger partial charge in [-0.25, -0.2) is 19.6 Å². The molecule has 0 N–H and O–H groups in total. The lowest BCUT2D eigenvalue weighted by atomic mass is 9.63. The van der Waals surface area contributed by atoms with E-state index in [2.05, 4.69) is 67.5 Å². The lowest BCUT2D eigenvalue weighted by Gasteiger charge is -2.55. The summed E-state index contributed by atoms with van der Waals surface area (Å²) in [5, 5.41) is 0. The predicted octanol–water partition coefficient (Wildman–Crippen LogP) is 5.17. The normalized spacial score (nSPS) is 43.1. The van der Waals surface area contributed by atoms with Gasteiger partial charge < -0.3 is 0 Å². The Morgan fingerprint density at radius 1 is 0.462 bits per heavy atom. The zero-order chi connectivity index (χ0) is 18.9. The average molecular weight is 354 g/mol. The summed E-state index contributed by atoms with van der Waals surface area (Å²) >= 11 is 0. The van der Waals surface area contributed by atoms with E-state index in [1.54, 1.807) is 0 Å². The van der Waals surface area contributed by atoms with Crippen molar-refractivity contribution in [3.8, 4) is 0 Å². The first-order valence-corrected chi connectivity index (χ1v) is 9.30. The fourth-order valence-corrected chi connectivity index (χ4v) is 5.18. The molecule has 138 valence electrons. The SMILES string of the molecule is CC1=C(C)C2(C)OOC1(C)c1cc3c(cc12)C1(C)OOC3(C)C(C)=C1C. The minimum atomic E-state index is -0.576. The van der Waals surface area contributed by atoms with Gasteiger partial charge >= 0.3 is 0 Å². The Kier molecular flexibility index (Phi) is 2.78. The molecule has 0 radical (unpaired) electrons. The zero-order valence-electron chi connectivity index (χ0n) is 16.8. The summed E-state index contributed by atoms with van der Waals surface area (Å²) in [4.78, 5) is 23.6. The molecule has 4 bridgehead atoms. The molecule has 4 aliphatic heterocycles. The van der Waals surface area contributed by atoms with Gasteiger partial charge in [0.05, 0.1) is 0 Å². The first-order valence-electron chi connectivity index (χ1n) is 9.30. The molecule has 4 heteroatoms. The van der Waals surface area contributed by atoms with E-state index in [0.717, 1.165) is 0 Å². The minimum absolute atomic E-state index is 0.576. The molecular formula is C22H26O4. The molecule has 0 spiro atoms. The van der Waals surface area contributed by atoms with E-state index in [4.69, 9.17) is 19.6 Å². The van der Waals surface area contributed by atoms with Crippen molar-refractivity contribution < 1.29 is 19.6 Å². The first-order chi connectivity index (χ1) is 12.0. The highest BCUT2D eigenvalue weighted by Gasteiger charge is 2.58. The van der Waals surface area contributed by atoms with Gasteiger partial charge in [-0.3, -0.25) is 0 Å². The van der Waals surface area contributed by atoms with Crippen LogP contribution < -0.4 is 0 Å².